The summed E-state index contributed by atoms with van der Waals surface area (Å²) in [6, 6.07) is 14.0. The lowest BCUT2D eigenvalue weighted by Crippen LogP contribution is -2.17. The number of nitrogens with one attached hydrogen (secondary N) is 2. The molecule has 0 aliphatic carbocycles. The molecule has 0 bridgehead atoms. The van der Waals surface area contributed by atoms with Crippen molar-refractivity contribution in [2.45, 2.75) is 0 Å². The molecule has 1 aromatic heterocycles. The van der Waals surface area contributed by atoms with E-state index in [2.05, 4.69) is 15.6 Å². The van der Waals surface area contributed by atoms with Crippen LogP contribution in [-0.4, -0.2) is 23.8 Å². The maximum atomic E-state index is 12.2. The fourth-order valence-corrected chi connectivity index (χ4v) is 2.70. The SMILES string of the molecule is CNC(=O)c1ccc(/C=C/C(=O)Nc2ccc(Cl)c3ncccc23)cc1. The summed E-state index contributed by atoms with van der Waals surface area (Å²) in [4.78, 5) is 28.0. The maximum absolute atomic E-state index is 12.2. The van der Waals surface area contributed by atoms with E-state index in [0.29, 0.717) is 21.8 Å². The van der Waals surface area contributed by atoms with Gasteiger partial charge in [-0.2, -0.15) is 0 Å². The topological polar surface area (TPSA) is 71.1 Å². The predicted molar refractivity (Wildman–Crippen MR) is 104 cm³/mol. The van der Waals surface area contributed by atoms with Crippen LogP contribution in [0.3, 0.4) is 0 Å². The summed E-state index contributed by atoms with van der Waals surface area (Å²) in [7, 11) is 1.58. The zero-order valence-electron chi connectivity index (χ0n) is 14.0. The molecule has 3 aromatic rings. The van der Waals surface area contributed by atoms with Crippen LogP contribution in [0.5, 0.6) is 0 Å². The Morgan fingerprint density at radius 2 is 1.85 bits per heavy atom. The van der Waals surface area contributed by atoms with Gasteiger partial charge in [0.1, 0.15) is 0 Å². The van der Waals surface area contributed by atoms with E-state index in [0.717, 1.165) is 10.9 Å². The van der Waals surface area contributed by atoms with Crippen molar-refractivity contribution in [1.82, 2.24) is 10.3 Å². The molecule has 0 aliphatic rings. The van der Waals surface area contributed by atoms with Crippen molar-refractivity contribution >= 4 is 46.1 Å². The molecule has 0 saturated heterocycles. The molecular weight excluding hydrogens is 350 g/mol. The number of benzene rings is 2. The predicted octanol–water partition coefficient (Wildman–Crippen LogP) is 3.90. The smallest absolute Gasteiger partial charge is 0.251 e. The van der Waals surface area contributed by atoms with Crippen LogP contribution in [-0.2, 0) is 4.79 Å². The number of pyridine rings is 1. The van der Waals surface area contributed by atoms with Crippen LogP contribution in [0.25, 0.3) is 17.0 Å². The minimum absolute atomic E-state index is 0.151. The first-order valence-electron chi connectivity index (χ1n) is 7.93. The molecule has 5 nitrogen and oxygen atoms in total. The van der Waals surface area contributed by atoms with E-state index in [1.165, 1.54) is 6.08 Å². The molecule has 2 N–H and O–H groups in total. The molecule has 130 valence electrons. The average Bonchev–Trinajstić information content (AvgIpc) is 2.68. The van der Waals surface area contributed by atoms with Crippen LogP contribution in [0, 0.1) is 0 Å². The molecule has 6 heteroatoms. The number of halogens is 1. The second-order valence-electron chi connectivity index (χ2n) is 5.52. The molecule has 26 heavy (non-hydrogen) atoms. The number of hydrogen-bond acceptors (Lipinski definition) is 3. The van der Waals surface area contributed by atoms with Gasteiger partial charge >= 0.3 is 0 Å². The minimum atomic E-state index is -0.271. The highest BCUT2D eigenvalue weighted by Crippen LogP contribution is 2.27. The summed E-state index contributed by atoms with van der Waals surface area (Å²) in [6.07, 6.45) is 4.77. The first-order valence-corrected chi connectivity index (χ1v) is 8.31. The lowest BCUT2D eigenvalue weighted by atomic mass is 10.1. The molecule has 1 heterocycles. The summed E-state index contributed by atoms with van der Waals surface area (Å²) in [5.41, 5.74) is 2.66. The van der Waals surface area contributed by atoms with Gasteiger partial charge in [0, 0.05) is 30.3 Å². The number of hydrogen-bond donors (Lipinski definition) is 2. The number of aromatic nitrogens is 1. The highest BCUT2D eigenvalue weighted by atomic mass is 35.5. The van der Waals surface area contributed by atoms with Crippen molar-refractivity contribution in [3.8, 4) is 0 Å². The van der Waals surface area contributed by atoms with Crippen LogP contribution in [0.2, 0.25) is 5.02 Å². The summed E-state index contributed by atoms with van der Waals surface area (Å²) in [5.74, 6) is -0.422. The number of amides is 2. The number of rotatable bonds is 4. The second-order valence-corrected chi connectivity index (χ2v) is 5.93. The Bertz CT molecular complexity index is 998. The number of carbonyl (C=O) groups excluding carboxylic acids is 2. The van der Waals surface area contributed by atoms with E-state index < -0.39 is 0 Å². The molecule has 0 unspecified atom stereocenters. The first-order chi connectivity index (χ1) is 12.6. The van der Waals surface area contributed by atoms with E-state index in [4.69, 9.17) is 11.6 Å². The highest BCUT2D eigenvalue weighted by molar-refractivity contribution is 6.35. The third-order valence-electron chi connectivity index (χ3n) is 3.81. The van der Waals surface area contributed by atoms with E-state index in [1.54, 1.807) is 61.8 Å². The van der Waals surface area contributed by atoms with Gasteiger partial charge in [-0.3, -0.25) is 14.6 Å². The Morgan fingerprint density at radius 3 is 2.58 bits per heavy atom. The summed E-state index contributed by atoms with van der Waals surface area (Å²) < 4.78 is 0. The van der Waals surface area contributed by atoms with Crippen molar-refractivity contribution < 1.29 is 9.59 Å². The maximum Gasteiger partial charge on any atom is 0.251 e. The number of nitrogens with zero attached hydrogens (tertiary/aromatic N) is 1. The molecule has 2 amide bonds. The fraction of sp³-hybridized carbons (Fsp3) is 0.0500. The minimum Gasteiger partial charge on any atom is -0.355 e. The third-order valence-corrected chi connectivity index (χ3v) is 4.11. The Morgan fingerprint density at radius 1 is 1.08 bits per heavy atom. The zero-order chi connectivity index (χ0) is 18.5. The van der Waals surface area contributed by atoms with Gasteiger partial charge in [0.15, 0.2) is 0 Å². The molecule has 0 spiro atoms. The lowest BCUT2D eigenvalue weighted by Gasteiger charge is -2.07. The van der Waals surface area contributed by atoms with Crippen molar-refractivity contribution in [2.24, 2.45) is 0 Å². The molecule has 0 aliphatic heterocycles. The van der Waals surface area contributed by atoms with Gasteiger partial charge in [-0.1, -0.05) is 23.7 Å². The van der Waals surface area contributed by atoms with Gasteiger partial charge in [-0.05, 0) is 48.0 Å². The third kappa shape index (κ3) is 3.90. The van der Waals surface area contributed by atoms with Crippen molar-refractivity contribution in [1.29, 1.82) is 0 Å². The molecule has 2 aromatic carbocycles. The van der Waals surface area contributed by atoms with Gasteiger partial charge in [0.05, 0.1) is 16.2 Å². The van der Waals surface area contributed by atoms with Crippen molar-refractivity contribution in [3.05, 3.63) is 77.0 Å². The highest BCUT2D eigenvalue weighted by Gasteiger charge is 2.07. The lowest BCUT2D eigenvalue weighted by molar-refractivity contribution is -0.111. The monoisotopic (exact) mass is 365 g/mol. The van der Waals surface area contributed by atoms with E-state index in [-0.39, 0.29) is 11.8 Å². The number of anilines is 1. The van der Waals surface area contributed by atoms with E-state index >= 15 is 0 Å². The Balaban J connectivity index is 1.74. The molecule has 3 rings (SSSR count). The molecular formula is C20H16ClN3O2. The van der Waals surface area contributed by atoms with Crippen LogP contribution in [0.15, 0.2) is 60.8 Å². The zero-order valence-corrected chi connectivity index (χ0v) is 14.7. The summed E-state index contributed by atoms with van der Waals surface area (Å²) >= 11 is 6.13. The van der Waals surface area contributed by atoms with Crippen molar-refractivity contribution in [2.75, 3.05) is 12.4 Å². The van der Waals surface area contributed by atoms with Gasteiger partial charge < -0.3 is 10.6 Å². The molecule has 0 atom stereocenters. The van der Waals surface area contributed by atoms with E-state index in [9.17, 15) is 9.59 Å². The largest absolute Gasteiger partial charge is 0.355 e. The number of carbonyl (C=O) groups is 2. The fourth-order valence-electron chi connectivity index (χ4n) is 2.48. The Labute approximate surface area is 155 Å². The Kier molecular flexibility index (Phi) is 5.29. The summed E-state index contributed by atoms with van der Waals surface area (Å²) in [5, 5.41) is 6.70. The van der Waals surface area contributed by atoms with E-state index in [1.807, 2.05) is 6.07 Å². The average molecular weight is 366 g/mol. The summed E-state index contributed by atoms with van der Waals surface area (Å²) in [6.45, 7) is 0. The molecule has 0 fully saturated rings. The van der Waals surface area contributed by atoms with Gasteiger partial charge in [-0.15, -0.1) is 0 Å². The van der Waals surface area contributed by atoms with Crippen LogP contribution in [0.1, 0.15) is 15.9 Å². The number of fused-ring (bicyclic) bond motifs is 1. The first kappa shape index (κ1) is 17.6. The van der Waals surface area contributed by atoms with Gasteiger partial charge in [0.2, 0.25) is 5.91 Å². The van der Waals surface area contributed by atoms with Crippen LogP contribution >= 0.6 is 11.6 Å². The Hall–Kier alpha value is -3.18. The normalized spacial score (nSPS) is 10.8. The van der Waals surface area contributed by atoms with Crippen LogP contribution in [0.4, 0.5) is 5.69 Å². The second kappa shape index (κ2) is 7.80. The standard InChI is InChI=1S/C20H16ClN3O2/c1-22-20(26)14-7-4-13(5-8-14)6-11-18(25)24-17-10-9-16(21)19-15(17)3-2-12-23-19/h2-12H,1H3,(H,22,26)(H,24,25)/b11-6+. The molecule has 0 saturated carbocycles. The van der Waals surface area contributed by atoms with Crippen molar-refractivity contribution in [3.63, 3.8) is 0 Å². The molecule has 0 radical (unpaired) electrons. The van der Waals surface area contributed by atoms with Gasteiger partial charge in [-0.25, -0.2) is 0 Å². The quantitative estimate of drug-likeness (QED) is 0.689. The van der Waals surface area contributed by atoms with Gasteiger partial charge in [0.25, 0.3) is 5.91 Å². The van der Waals surface area contributed by atoms with Crippen LogP contribution < -0.4 is 10.6 Å².